The molecule has 1 aliphatic carbocycles. The summed E-state index contributed by atoms with van der Waals surface area (Å²) in [6.45, 7) is 8.54. The monoisotopic (exact) mass is 324 g/mol. The van der Waals surface area contributed by atoms with E-state index in [4.69, 9.17) is 0 Å². The highest BCUT2D eigenvalue weighted by molar-refractivity contribution is 9.10. The number of nitrogens with one attached hydrogen (secondary N) is 1. The van der Waals surface area contributed by atoms with Crippen molar-refractivity contribution in [2.45, 2.75) is 58.3 Å². The van der Waals surface area contributed by atoms with Crippen LogP contribution in [0.15, 0.2) is 22.7 Å². The Bertz CT molecular complexity index is 433. The number of halogens is 1. The summed E-state index contributed by atoms with van der Waals surface area (Å²) in [6, 6.07) is 7.55. The summed E-state index contributed by atoms with van der Waals surface area (Å²) in [6.07, 6.45) is 2.73. The average Bonchev–Trinajstić information content (AvgIpc) is 3.12. The third-order valence-corrected chi connectivity index (χ3v) is 4.27. The first-order valence-corrected chi connectivity index (χ1v) is 7.87. The number of hydrogen-bond donors (Lipinski definition) is 1. The topological polar surface area (TPSA) is 15.3 Å². The third-order valence-electron chi connectivity index (χ3n) is 3.53. The molecule has 1 aromatic rings. The van der Waals surface area contributed by atoms with Crippen molar-refractivity contribution >= 4 is 15.9 Å². The van der Waals surface area contributed by atoms with Gasteiger partial charge in [0.05, 0.1) is 0 Å². The van der Waals surface area contributed by atoms with Crippen molar-refractivity contribution in [2.75, 3.05) is 7.05 Å². The standard InChI is InChI=1S/C16H25BrN2/c1-16(2,3)18-10-12-5-6-13(15(17)9-12)11-19(4)14-7-8-14/h5-6,9,14,18H,7-8,10-11H2,1-4H3. The summed E-state index contributed by atoms with van der Waals surface area (Å²) in [4.78, 5) is 2.45. The molecule has 2 rings (SSSR count). The zero-order chi connectivity index (χ0) is 14.0. The Morgan fingerprint density at radius 2 is 2.00 bits per heavy atom. The van der Waals surface area contributed by atoms with Crippen LogP contribution in [0.2, 0.25) is 0 Å². The van der Waals surface area contributed by atoms with Crippen LogP contribution in [-0.2, 0) is 13.1 Å². The molecule has 1 N–H and O–H groups in total. The lowest BCUT2D eigenvalue weighted by atomic mass is 10.1. The molecule has 0 aliphatic heterocycles. The van der Waals surface area contributed by atoms with Crippen molar-refractivity contribution in [3.05, 3.63) is 33.8 Å². The summed E-state index contributed by atoms with van der Waals surface area (Å²) in [5.41, 5.74) is 2.88. The Morgan fingerprint density at radius 3 is 2.53 bits per heavy atom. The van der Waals surface area contributed by atoms with Crippen LogP contribution in [0.4, 0.5) is 0 Å². The van der Waals surface area contributed by atoms with Gasteiger partial charge in [-0.15, -0.1) is 0 Å². The van der Waals surface area contributed by atoms with Crippen LogP contribution < -0.4 is 5.32 Å². The molecule has 0 amide bonds. The van der Waals surface area contributed by atoms with Gasteiger partial charge in [-0.25, -0.2) is 0 Å². The number of hydrogen-bond acceptors (Lipinski definition) is 2. The summed E-state index contributed by atoms with van der Waals surface area (Å²) >= 11 is 3.71. The molecule has 0 unspecified atom stereocenters. The molecule has 1 saturated carbocycles. The maximum absolute atomic E-state index is 3.71. The van der Waals surface area contributed by atoms with Gasteiger partial charge in [0.25, 0.3) is 0 Å². The molecule has 0 heterocycles. The van der Waals surface area contributed by atoms with Crippen LogP contribution in [-0.4, -0.2) is 23.5 Å². The fraction of sp³-hybridized carbons (Fsp3) is 0.625. The maximum Gasteiger partial charge on any atom is 0.0244 e. The van der Waals surface area contributed by atoms with E-state index in [1.807, 2.05) is 0 Å². The van der Waals surface area contributed by atoms with Gasteiger partial charge in [-0.1, -0.05) is 28.1 Å². The van der Waals surface area contributed by atoms with E-state index < -0.39 is 0 Å². The average molecular weight is 325 g/mol. The van der Waals surface area contributed by atoms with Crippen molar-refractivity contribution in [3.8, 4) is 0 Å². The van der Waals surface area contributed by atoms with E-state index >= 15 is 0 Å². The minimum atomic E-state index is 0.164. The lowest BCUT2D eigenvalue weighted by Crippen LogP contribution is -2.35. The molecule has 106 valence electrons. The van der Waals surface area contributed by atoms with Crippen LogP contribution >= 0.6 is 15.9 Å². The Morgan fingerprint density at radius 1 is 1.32 bits per heavy atom. The molecule has 1 fully saturated rings. The normalized spacial score (nSPS) is 16.1. The van der Waals surface area contributed by atoms with E-state index in [0.717, 1.165) is 19.1 Å². The molecule has 0 spiro atoms. The van der Waals surface area contributed by atoms with Crippen molar-refractivity contribution in [1.29, 1.82) is 0 Å². The molecular weight excluding hydrogens is 300 g/mol. The zero-order valence-electron chi connectivity index (χ0n) is 12.5. The van der Waals surface area contributed by atoms with Crippen molar-refractivity contribution in [2.24, 2.45) is 0 Å². The molecule has 19 heavy (non-hydrogen) atoms. The van der Waals surface area contributed by atoms with Crippen molar-refractivity contribution in [3.63, 3.8) is 0 Å². The fourth-order valence-electron chi connectivity index (χ4n) is 2.11. The molecule has 3 heteroatoms. The number of benzene rings is 1. The minimum absolute atomic E-state index is 0.164. The lowest BCUT2D eigenvalue weighted by molar-refractivity contribution is 0.316. The molecule has 0 saturated heterocycles. The van der Waals surface area contributed by atoms with Gasteiger partial charge in [-0.05, 0) is 57.9 Å². The van der Waals surface area contributed by atoms with E-state index in [9.17, 15) is 0 Å². The maximum atomic E-state index is 3.71. The van der Waals surface area contributed by atoms with Crippen LogP contribution in [0.25, 0.3) is 0 Å². The van der Waals surface area contributed by atoms with E-state index in [0.29, 0.717) is 0 Å². The summed E-state index contributed by atoms with van der Waals surface area (Å²) in [5.74, 6) is 0. The Labute approximate surface area is 125 Å². The van der Waals surface area contributed by atoms with Gasteiger partial charge in [0, 0.05) is 29.1 Å². The molecular formula is C16H25BrN2. The fourth-order valence-corrected chi connectivity index (χ4v) is 2.66. The summed E-state index contributed by atoms with van der Waals surface area (Å²) in [5, 5.41) is 3.52. The van der Waals surface area contributed by atoms with E-state index in [1.54, 1.807) is 0 Å². The molecule has 0 radical (unpaired) electrons. The number of rotatable bonds is 5. The third kappa shape index (κ3) is 4.90. The molecule has 0 aromatic heterocycles. The van der Waals surface area contributed by atoms with E-state index in [1.165, 1.54) is 28.4 Å². The second kappa shape index (κ2) is 5.94. The van der Waals surface area contributed by atoms with Crippen LogP contribution in [0.3, 0.4) is 0 Å². The van der Waals surface area contributed by atoms with Gasteiger partial charge in [-0.3, -0.25) is 4.90 Å². The first-order chi connectivity index (χ1) is 8.85. The first-order valence-electron chi connectivity index (χ1n) is 7.08. The second-order valence-electron chi connectivity index (χ2n) is 6.68. The molecule has 0 bridgehead atoms. The highest BCUT2D eigenvalue weighted by Crippen LogP contribution is 2.28. The van der Waals surface area contributed by atoms with Gasteiger partial charge in [0.15, 0.2) is 0 Å². The minimum Gasteiger partial charge on any atom is -0.308 e. The molecule has 1 aliphatic rings. The lowest BCUT2D eigenvalue weighted by Gasteiger charge is -2.21. The summed E-state index contributed by atoms with van der Waals surface area (Å²) < 4.78 is 1.23. The van der Waals surface area contributed by atoms with Gasteiger partial charge in [0.1, 0.15) is 0 Å². The van der Waals surface area contributed by atoms with E-state index in [2.05, 4.69) is 72.2 Å². The second-order valence-corrected chi connectivity index (χ2v) is 7.53. The Kier molecular flexibility index (Phi) is 4.70. The quantitative estimate of drug-likeness (QED) is 0.882. The molecule has 1 aromatic carbocycles. The SMILES string of the molecule is CN(Cc1ccc(CNC(C)(C)C)cc1Br)C1CC1. The van der Waals surface area contributed by atoms with Crippen molar-refractivity contribution in [1.82, 2.24) is 10.2 Å². The largest absolute Gasteiger partial charge is 0.308 e. The smallest absolute Gasteiger partial charge is 0.0244 e. The molecule has 2 nitrogen and oxygen atoms in total. The first kappa shape index (κ1) is 15.0. The highest BCUT2D eigenvalue weighted by Gasteiger charge is 2.26. The number of nitrogens with zero attached hydrogens (tertiary/aromatic N) is 1. The Hall–Kier alpha value is -0.380. The van der Waals surface area contributed by atoms with Gasteiger partial charge in [-0.2, -0.15) is 0 Å². The predicted octanol–water partition coefficient (Wildman–Crippen LogP) is 3.93. The Balaban J connectivity index is 1.96. The summed E-state index contributed by atoms with van der Waals surface area (Å²) in [7, 11) is 2.22. The zero-order valence-corrected chi connectivity index (χ0v) is 14.0. The van der Waals surface area contributed by atoms with Gasteiger partial charge >= 0.3 is 0 Å². The van der Waals surface area contributed by atoms with Crippen LogP contribution in [0, 0.1) is 0 Å². The van der Waals surface area contributed by atoms with Crippen LogP contribution in [0.1, 0.15) is 44.7 Å². The van der Waals surface area contributed by atoms with Gasteiger partial charge < -0.3 is 5.32 Å². The van der Waals surface area contributed by atoms with E-state index in [-0.39, 0.29) is 5.54 Å². The predicted molar refractivity (Wildman–Crippen MR) is 85.2 cm³/mol. The van der Waals surface area contributed by atoms with Gasteiger partial charge in [0.2, 0.25) is 0 Å². The highest BCUT2D eigenvalue weighted by atomic mass is 79.9. The molecule has 0 atom stereocenters. The van der Waals surface area contributed by atoms with Crippen molar-refractivity contribution < 1.29 is 0 Å². The van der Waals surface area contributed by atoms with Crippen LogP contribution in [0.5, 0.6) is 0 Å².